The smallest absolute Gasteiger partial charge is 0.238 e. The number of rotatable bonds is 5. The SMILES string of the molecule is O=C(CN1CCC[C@H](C(=O)Nc2ccccc2)C1)Nc1cc(F)cc(F)c1. The number of hydrogen-bond donors (Lipinski definition) is 2. The van der Waals surface area contributed by atoms with Crippen molar-refractivity contribution in [2.75, 3.05) is 30.3 Å². The molecule has 7 heteroatoms. The fourth-order valence-electron chi connectivity index (χ4n) is 3.21. The largest absolute Gasteiger partial charge is 0.326 e. The van der Waals surface area contributed by atoms with Crippen LogP contribution in [0.25, 0.3) is 0 Å². The van der Waals surface area contributed by atoms with Gasteiger partial charge in [0.15, 0.2) is 0 Å². The number of para-hydroxylation sites is 1. The Morgan fingerprint density at radius 2 is 1.70 bits per heavy atom. The van der Waals surface area contributed by atoms with Crippen LogP contribution in [-0.4, -0.2) is 36.3 Å². The van der Waals surface area contributed by atoms with Crippen molar-refractivity contribution in [2.24, 2.45) is 5.92 Å². The van der Waals surface area contributed by atoms with Gasteiger partial charge in [-0.2, -0.15) is 0 Å². The Bertz CT molecular complexity index is 794. The maximum atomic E-state index is 13.2. The fraction of sp³-hybridized carbons (Fsp3) is 0.300. The zero-order valence-corrected chi connectivity index (χ0v) is 14.8. The number of carbonyl (C=O) groups is 2. The molecule has 142 valence electrons. The summed E-state index contributed by atoms with van der Waals surface area (Å²) >= 11 is 0. The summed E-state index contributed by atoms with van der Waals surface area (Å²) < 4.78 is 26.4. The molecule has 27 heavy (non-hydrogen) atoms. The molecule has 0 unspecified atom stereocenters. The van der Waals surface area contributed by atoms with Gasteiger partial charge in [0.1, 0.15) is 11.6 Å². The number of halogens is 2. The number of hydrogen-bond acceptors (Lipinski definition) is 3. The minimum Gasteiger partial charge on any atom is -0.326 e. The normalized spacial score (nSPS) is 17.3. The lowest BCUT2D eigenvalue weighted by Gasteiger charge is -2.31. The standard InChI is InChI=1S/C20H21F2N3O2/c21-15-9-16(22)11-18(10-15)23-19(26)13-25-8-4-5-14(12-25)20(27)24-17-6-2-1-3-7-17/h1-3,6-7,9-11,14H,4-5,8,12-13H2,(H,23,26)(H,24,27)/t14-/m0/s1. The third-order valence-electron chi connectivity index (χ3n) is 4.43. The molecule has 1 heterocycles. The Balaban J connectivity index is 1.53. The number of piperidine rings is 1. The highest BCUT2D eigenvalue weighted by Gasteiger charge is 2.27. The van der Waals surface area contributed by atoms with Crippen LogP contribution in [0.1, 0.15) is 12.8 Å². The van der Waals surface area contributed by atoms with Crippen molar-refractivity contribution in [2.45, 2.75) is 12.8 Å². The second-order valence-corrected chi connectivity index (χ2v) is 6.64. The predicted molar refractivity (Wildman–Crippen MR) is 99.2 cm³/mol. The molecule has 2 aromatic rings. The second-order valence-electron chi connectivity index (χ2n) is 6.64. The minimum atomic E-state index is -0.749. The van der Waals surface area contributed by atoms with E-state index in [1.165, 1.54) is 0 Å². The van der Waals surface area contributed by atoms with Crippen LogP contribution in [0.2, 0.25) is 0 Å². The molecule has 0 spiro atoms. The molecular formula is C20H21F2N3O2. The quantitative estimate of drug-likeness (QED) is 0.846. The van der Waals surface area contributed by atoms with Crippen molar-refractivity contribution in [3.63, 3.8) is 0 Å². The summed E-state index contributed by atoms with van der Waals surface area (Å²) in [5.41, 5.74) is 0.818. The summed E-state index contributed by atoms with van der Waals surface area (Å²) in [6.07, 6.45) is 1.56. The van der Waals surface area contributed by atoms with Gasteiger partial charge in [-0.05, 0) is 43.7 Å². The number of benzene rings is 2. The van der Waals surface area contributed by atoms with E-state index in [1.807, 2.05) is 35.2 Å². The molecule has 1 aliphatic heterocycles. The number of nitrogens with zero attached hydrogens (tertiary/aromatic N) is 1. The van der Waals surface area contributed by atoms with Crippen LogP contribution < -0.4 is 10.6 Å². The second kappa shape index (κ2) is 8.73. The van der Waals surface area contributed by atoms with Crippen LogP contribution in [0.5, 0.6) is 0 Å². The van der Waals surface area contributed by atoms with Gasteiger partial charge in [0.05, 0.1) is 12.5 Å². The van der Waals surface area contributed by atoms with E-state index in [9.17, 15) is 18.4 Å². The van der Waals surface area contributed by atoms with Gasteiger partial charge < -0.3 is 10.6 Å². The molecule has 0 radical (unpaired) electrons. The summed E-state index contributed by atoms with van der Waals surface area (Å²) in [7, 11) is 0. The van der Waals surface area contributed by atoms with Crippen molar-refractivity contribution in [1.82, 2.24) is 4.90 Å². The zero-order chi connectivity index (χ0) is 19.2. The van der Waals surface area contributed by atoms with Gasteiger partial charge in [0, 0.05) is 24.0 Å². The molecule has 0 bridgehead atoms. The molecule has 1 atom stereocenters. The summed E-state index contributed by atoms with van der Waals surface area (Å²) in [5.74, 6) is -2.15. The maximum absolute atomic E-state index is 13.2. The van der Waals surface area contributed by atoms with Crippen molar-refractivity contribution in [3.8, 4) is 0 Å². The molecule has 5 nitrogen and oxygen atoms in total. The molecule has 2 amide bonds. The molecule has 1 saturated heterocycles. The number of nitrogens with one attached hydrogen (secondary N) is 2. The molecule has 0 saturated carbocycles. The van der Waals surface area contributed by atoms with E-state index in [2.05, 4.69) is 10.6 Å². The van der Waals surface area contributed by atoms with Gasteiger partial charge in [-0.25, -0.2) is 8.78 Å². The van der Waals surface area contributed by atoms with Crippen LogP contribution in [-0.2, 0) is 9.59 Å². The Morgan fingerprint density at radius 1 is 1.00 bits per heavy atom. The van der Waals surface area contributed by atoms with Gasteiger partial charge >= 0.3 is 0 Å². The lowest BCUT2D eigenvalue weighted by Crippen LogP contribution is -2.44. The number of likely N-dealkylation sites (tertiary alicyclic amines) is 1. The lowest BCUT2D eigenvalue weighted by molar-refractivity contribution is -0.123. The Kier molecular flexibility index (Phi) is 6.13. The summed E-state index contributed by atoms with van der Waals surface area (Å²) in [5, 5.41) is 5.38. The van der Waals surface area contributed by atoms with E-state index < -0.39 is 11.6 Å². The topological polar surface area (TPSA) is 61.4 Å². The van der Waals surface area contributed by atoms with Crippen LogP contribution >= 0.6 is 0 Å². The maximum Gasteiger partial charge on any atom is 0.238 e. The van der Waals surface area contributed by atoms with E-state index in [-0.39, 0.29) is 30.0 Å². The van der Waals surface area contributed by atoms with E-state index in [1.54, 1.807) is 0 Å². The number of amides is 2. The van der Waals surface area contributed by atoms with Crippen LogP contribution in [0.3, 0.4) is 0 Å². The summed E-state index contributed by atoms with van der Waals surface area (Å²) in [6, 6.07) is 12.1. The fourth-order valence-corrected chi connectivity index (χ4v) is 3.21. The highest BCUT2D eigenvalue weighted by atomic mass is 19.1. The van der Waals surface area contributed by atoms with E-state index in [0.717, 1.165) is 36.7 Å². The van der Waals surface area contributed by atoms with E-state index in [0.29, 0.717) is 13.1 Å². The first-order chi connectivity index (χ1) is 13.0. The molecule has 3 rings (SSSR count). The molecule has 0 aliphatic carbocycles. The average molecular weight is 373 g/mol. The molecule has 1 aliphatic rings. The predicted octanol–water partition coefficient (Wildman–Crippen LogP) is 3.25. The first kappa shape index (κ1) is 19.0. The van der Waals surface area contributed by atoms with E-state index in [4.69, 9.17) is 0 Å². The lowest BCUT2D eigenvalue weighted by atomic mass is 9.97. The van der Waals surface area contributed by atoms with Gasteiger partial charge in [-0.1, -0.05) is 18.2 Å². The van der Waals surface area contributed by atoms with E-state index >= 15 is 0 Å². The van der Waals surface area contributed by atoms with Gasteiger partial charge in [-0.3, -0.25) is 14.5 Å². The highest BCUT2D eigenvalue weighted by molar-refractivity contribution is 5.93. The van der Waals surface area contributed by atoms with Crippen molar-refractivity contribution in [1.29, 1.82) is 0 Å². The molecule has 2 N–H and O–H groups in total. The minimum absolute atomic E-state index is 0.0627. The van der Waals surface area contributed by atoms with Gasteiger partial charge in [-0.15, -0.1) is 0 Å². The third-order valence-corrected chi connectivity index (χ3v) is 4.43. The Morgan fingerprint density at radius 3 is 2.41 bits per heavy atom. The Hall–Kier alpha value is -2.80. The van der Waals surface area contributed by atoms with Crippen molar-refractivity contribution in [3.05, 3.63) is 60.2 Å². The third kappa shape index (κ3) is 5.59. The molecule has 2 aromatic carbocycles. The van der Waals surface area contributed by atoms with Crippen molar-refractivity contribution >= 4 is 23.2 Å². The summed E-state index contributed by atoms with van der Waals surface area (Å²) in [6.45, 7) is 1.22. The first-order valence-corrected chi connectivity index (χ1v) is 8.84. The average Bonchev–Trinajstić information content (AvgIpc) is 2.61. The van der Waals surface area contributed by atoms with Gasteiger partial charge in [0.25, 0.3) is 0 Å². The first-order valence-electron chi connectivity index (χ1n) is 8.84. The van der Waals surface area contributed by atoms with Gasteiger partial charge in [0.2, 0.25) is 11.8 Å². The summed E-state index contributed by atoms with van der Waals surface area (Å²) in [4.78, 5) is 26.5. The monoisotopic (exact) mass is 373 g/mol. The van der Waals surface area contributed by atoms with Crippen LogP contribution in [0.15, 0.2) is 48.5 Å². The Labute approximate surface area is 156 Å². The zero-order valence-electron chi connectivity index (χ0n) is 14.8. The number of carbonyl (C=O) groups excluding carboxylic acids is 2. The molecular weight excluding hydrogens is 352 g/mol. The highest BCUT2D eigenvalue weighted by Crippen LogP contribution is 2.19. The molecule has 0 aromatic heterocycles. The van der Waals surface area contributed by atoms with Crippen molar-refractivity contribution < 1.29 is 18.4 Å². The number of anilines is 2. The van der Waals surface area contributed by atoms with Crippen LogP contribution in [0.4, 0.5) is 20.2 Å². The molecule has 1 fully saturated rings. The van der Waals surface area contributed by atoms with Crippen LogP contribution in [0, 0.1) is 17.6 Å².